The van der Waals surface area contributed by atoms with Crippen LogP contribution < -0.4 is 10.1 Å². The number of aryl methyl sites for hydroxylation is 2. The first-order valence-electron chi connectivity index (χ1n) is 8.35. The van der Waals surface area contributed by atoms with Crippen molar-refractivity contribution in [3.05, 3.63) is 53.0 Å². The van der Waals surface area contributed by atoms with Crippen molar-refractivity contribution in [2.75, 3.05) is 13.2 Å². The maximum Gasteiger partial charge on any atom is 0.339 e. The molecule has 6 heteroatoms. The topological polar surface area (TPSA) is 88.8 Å². The summed E-state index contributed by atoms with van der Waals surface area (Å²) in [5, 5.41) is 11.8. The number of carboxylic acid groups (broad SMARTS) is 1. The Labute approximate surface area is 146 Å². The summed E-state index contributed by atoms with van der Waals surface area (Å²) in [6.45, 7) is 4.85. The van der Waals surface area contributed by atoms with Crippen LogP contribution in [-0.4, -0.2) is 30.1 Å². The fourth-order valence-corrected chi connectivity index (χ4v) is 2.32. The van der Waals surface area contributed by atoms with E-state index in [1.165, 1.54) is 11.6 Å². The first-order chi connectivity index (χ1) is 12.0. The second-order valence-corrected chi connectivity index (χ2v) is 5.73. The smallest absolute Gasteiger partial charge is 0.339 e. The average molecular weight is 345 g/mol. The lowest BCUT2D eigenvalue weighted by Gasteiger charge is -2.07. The molecule has 1 aromatic heterocycles. The summed E-state index contributed by atoms with van der Waals surface area (Å²) in [5.41, 5.74) is 1.23. The molecule has 1 heterocycles. The number of carbonyl (C=O) groups excluding carboxylic acids is 1. The summed E-state index contributed by atoms with van der Waals surface area (Å²) in [4.78, 5) is 23.1. The maximum atomic E-state index is 12.0. The fourth-order valence-electron chi connectivity index (χ4n) is 2.32. The Morgan fingerprint density at radius 1 is 1.20 bits per heavy atom. The summed E-state index contributed by atoms with van der Waals surface area (Å²) < 4.78 is 10.9. The van der Waals surface area contributed by atoms with E-state index in [1.54, 1.807) is 6.92 Å². The third-order valence-electron chi connectivity index (χ3n) is 3.73. The van der Waals surface area contributed by atoms with Crippen molar-refractivity contribution in [3.8, 4) is 5.75 Å². The Bertz CT molecular complexity index is 718. The molecule has 0 saturated heterocycles. The number of carbonyl (C=O) groups is 2. The van der Waals surface area contributed by atoms with Crippen molar-refractivity contribution in [2.24, 2.45) is 0 Å². The van der Waals surface area contributed by atoms with E-state index in [9.17, 15) is 9.59 Å². The van der Waals surface area contributed by atoms with Gasteiger partial charge in [0.1, 0.15) is 17.1 Å². The first-order valence-corrected chi connectivity index (χ1v) is 8.35. The molecule has 0 aliphatic heterocycles. The van der Waals surface area contributed by atoms with Gasteiger partial charge in [-0.15, -0.1) is 0 Å². The Morgan fingerprint density at radius 3 is 2.52 bits per heavy atom. The van der Waals surface area contributed by atoms with Gasteiger partial charge in [0.05, 0.1) is 6.61 Å². The second kappa shape index (κ2) is 8.92. The molecule has 0 saturated carbocycles. The summed E-state index contributed by atoms with van der Waals surface area (Å²) in [6, 6.07) is 9.12. The van der Waals surface area contributed by atoms with Gasteiger partial charge >= 0.3 is 5.97 Å². The highest BCUT2D eigenvalue weighted by Crippen LogP contribution is 2.16. The van der Waals surface area contributed by atoms with E-state index in [-0.39, 0.29) is 11.3 Å². The van der Waals surface area contributed by atoms with Gasteiger partial charge in [-0.05, 0) is 31.9 Å². The van der Waals surface area contributed by atoms with Gasteiger partial charge in [0.2, 0.25) is 0 Å². The third-order valence-corrected chi connectivity index (χ3v) is 3.73. The van der Waals surface area contributed by atoms with Crippen molar-refractivity contribution in [2.45, 2.75) is 33.1 Å². The van der Waals surface area contributed by atoms with Crippen molar-refractivity contribution < 1.29 is 23.8 Å². The summed E-state index contributed by atoms with van der Waals surface area (Å²) in [6.07, 6.45) is 1.98. The van der Waals surface area contributed by atoms with Crippen molar-refractivity contribution in [3.63, 3.8) is 0 Å². The fraction of sp³-hybridized carbons (Fsp3) is 0.368. The lowest BCUT2D eigenvalue weighted by atomic mass is 10.2. The van der Waals surface area contributed by atoms with Crippen LogP contribution >= 0.6 is 0 Å². The number of benzene rings is 1. The number of carboxylic acids is 1. The molecular formula is C19H23NO5. The molecule has 2 rings (SSSR count). The normalized spacial score (nSPS) is 10.5. The highest BCUT2D eigenvalue weighted by Gasteiger charge is 2.19. The second-order valence-electron chi connectivity index (χ2n) is 5.73. The highest BCUT2D eigenvalue weighted by molar-refractivity contribution is 5.96. The Balaban J connectivity index is 1.70. The molecule has 1 aromatic carbocycles. The van der Waals surface area contributed by atoms with Gasteiger partial charge in [0.15, 0.2) is 5.76 Å². The largest absolute Gasteiger partial charge is 0.494 e. The number of nitrogens with one attached hydrogen (secondary N) is 1. The lowest BCUT2D eigenvalue weighted by molar-refractivity contribution is 0.0694. The number of hydrogen-bond donors (Lipinski definition) is 2. The minimum atomic E-state index is -1.09. The first kappa shape index (κ1) is 18.6. The van der Waals surface area contributed by atoms with E-state index >= 15 is 0 Å². The number of furan rings is 1. The molecule has 0 atom stereocenters. The lowest BCUT2D eigenvalue weighted by Crippen LogP contribution is -2.24. The number of amides is 1. The monoisotopic (exact) mass is 345 g/mol. The van der Waals surface area contributed by atoms with E-state index < -0.39 is 11.9 Å². The van der Waals surface area contributed by atoms with E-state index in [4.69, 9.17) is 14.3 Å². The number of unbranched alkanes of at least 4 members (excludes halogenated alkanes) is 1. The summed E-state index contributed by atoms with van der Waals surface area (Å²) >= 11 is 0. The molecule has 0 aliphatic carbocycles. The Kier molecular flexibility index (Phi) is 6.62. The van der Waals surface area contributed by atoms with Crippen LogP contribution in [0.15, 0.2) is 34.7 Å². The highest BCUT2D eigenvalue weighted by atomic mass is 16.5. The summed E-state index contributed by atoms with van der Waals surface area (Å²) in [7, 11) is 0. The van der Waals surface area contributed by atoms with E-state index in [2.05, 4.69) is 5.32 Å². The van der Waals surface area contributed by atoms with Gasteiger partial charge in [0, 0.05) is 19.0 Å². The molecular weight excluding hydrogens is 322 g/mol. The zero-order valence-electron chi connectivity index (χ0n) is 14.5. The molecule has 0 aliphatic rings. The minimum Gasteiger partial charge on any atom is -0.494 e. The SMILES string of the molecule is CCc1oc(C(=O)NCCCCOc2ccc(C)cc2)cc1C(=O)O. The van der Waals surface area contributed by atoms with Crippen LogP contribution in [-0.2, 0) is 6.42 Å². The van der Waals surface area contributed by atoms with Crippen LogP contribution in [0.25, 0.3) is 0 Å². The van der Waals surface area contributed by atoms with Gasteiger partial charge in [-0.3, -0.25) is 4.79 Å². The molecule has 134 valence electrons. The molecule has 0 radical (unpaired) electrons. The molecule has 6 nitrogen and oxygen atoms in total. The zero-order valence-corrected chi connectivity index (χ0v) is 14.5. The van der Waals surface area contributed by atoms with Crippen LogP contribution in [0.5, 0.6) is 5.75 Å². The predicted octanol–water partition coefficient (Wildman–Crippen LogP) is 3.44. The molecule has 0 unspecified atom stereocenters. The maximum absolute atomic E-state index is 12.0. The molecule has 2 N–H and O–H groups in total. The van der Waals surface area contributed by atoms with Gasteiger partial charge < -0.3 is 19.6 Å². The standard InChI is InChI=1S/C19H23NO5/c1-3-16-15(19(22)23)12-17(25-16)18(21)20-10-4-5-11-24-14-8-6-13(2)7-9-14/h6-9,12H,3-5,10-11H2,1-2H3,(H,20,21)(H,22,23). The van der Waals surface area contributed by atoms with Crippen LogP contribution in [0, 0.1) is 6.92 Å². The van der Waals surface area contributed by atoms with Crippen molar-refractivity contribution in [1.29, 1.82) is 0 Å². The number of ether oxygens (including phenoxy) is 1. The quantitative estimate of drug-likeness (QED) is 0.680. The van der Waals surface area contributed by atoms with Crippen LogP contribution in [0.1, 0.15) is 52.0 Å². The van der Waals surface area contributed by atoms with Gasteiger partial charge in [-0.2, -0.15) is 0 Å². The molecule has 2 aromatic rings. The third kappa shape index (κ3) is 5.38. The molecule has 0 fully saturated rings. The van der Waals surface area contributed by atoms with E-state index in [1.807, 2.05) is 31.2 Å². The molecule has 0 spiro atoms. The van der Waals surface area contributed by atoms with Crippen LogP contribution in [0.4, 0.5) is 0 Å². The van der Waals surface area contributed by atoms with Crippen LogP contribution in [0.2, 0.25) is 0 Å². The zero-order chi connectivity index (χ0) is 18.2. The molecule has 0 bridgehead atoms. The minimum absolute atomic E-state index is 0.0326. The number of hydrogen-bond acceptors (Lipinski definition) is 4. The number of rotatable bonds is 9. The van der Waals surface area contributed by atoms with Crippen molar-refractivity contribution in [1.82, 2.24) is 5.32 Å². The average Bonchev–Trinajstić information content (AvgIpc) is 3.04. The van der Waals surface area contributed by atoms with Crippen LogP contribution in [0.3, 0.4) is 0 Å². The summed E-state index contributed by atoms with van der Waals surface area (Å²) in [5.74, 6) is -0.317. The van der Waals surface area contributed by atoms with Gasteiger partial charge in [-0.25, -0.2) is 4.79 Å². The Hall–Kier alpha value is -2.76. The van der Waals surface area contributed by atoms with Crippen molar-refractivity contribution >= 4 is 11.9 Å². The molecule has 1 amide bonds. The number of aromatic carboxylic acids is 1. The van der Waals surface area contributed by atoms with E-state index in [0.717, 1.165) is 18.6 Å². The van der Waals surface area contributed by atoms with Gasteiger partial charge in [-0.1, -0.05) is 24.6 Å². The predicted molar refractivity (Wildman–Crippen MR) is 93.3 cm³/mol. The van der Waals surface area contributed by atoms with Gasteiger partial charge in [0.25, 0.3) is 5.91 Å². The Morgan fingerprint density at radius 2 is 1.92 bits per heavy atom. The molecule has 25 heavy (non-hydrogen) atoms. The van der Waals surface area contributed by atoms with E-state index in [0.29, 0.717) is 25.3 Å².